The standard InChI is InChI=1S/C23H16N2O.C22H15IN2/c1-25-22-19-10-6-5-9-17(19)18-12-11-15(14-26)13-20(18)21(22)24-23(25)16-7-3-2-4-8-16;1-25-21-18-10-6-5-9-16(18)17-12-11-15(23)13-19(17)20(21)24-22(25)14-7-3-2-4-8-14/h2-14H,1H3;2-13H,1H3. The summed E-state index contributed by atoms with van der Waals surface area (Å²) in [4.78, 5) is 21.4. The molecule has 0 unspecified atom stereocenters. The van der Waals surface area contributed by atoms with Crippen LogP contribution in [0.1, 0.15) is 10.4 Å². The molecule has 0 N–H and O–H groups in total. The van der Waals surface area contributed by atoms with Gasteiger partial charge in [-0.3, -0.25) is 4.79 Å². The average Bonchev–Trinajstić information content (AvgIpc) is 3.73. The van der Waals surface area contributed by atoms with Gasteiger partial charge >= 0.3 is 0 Å². The quantitative estimate of drug-likeness (QED) is 0.102. The van der Waals surface area contributed by atoms with E-state index >= 15 is 0 Å². The average molecular weight is 771 g/mol. The van der Waals surface area contributed by atoms with Crippen molar-refractivity contribution >= 4 is 94.0 Å². The number of rotatable bonds is 3. The topological polar surface area (TPSA) is 52.7 Å². The molecule has 0 spiro atoms. The zero-order valence-corrected chi connectivity index (χ0v) is 30.2. The number of halogens is 1. The largest absolute Gasteiger partial charge is 0.327 e. The van der Waals surface area contributed by atoms with Crippen LogP contribution in [0.15, 0.2) is 146 Å². The van der Waals surface area contributed by atoms with Crippen LogP contribution in [0, 0.1) is 3.57 Å². The van der Waals surface area contributed by atoms with Gasteiger partial charge in [0.25, 0.3) is 0 Å². The molecule has 5 nitrogen and oxygen atoms in total. The monoisotopic (exact) mass is 770 g/mol. The molecule has 10 aromatic rings. The second kappa shape index (κ2) is 12.5. The lowest BCUT2D eigenvalue weighted by molar-refractivity contribution is 0.112. The lowest BCUT2D eigenvalue weighted by atomic mass is 9.98. The van der Waals surface area contributed by atoms with Crippen LogP contribution >= 0.6 is 22.6 Å². The van der Waals surface area contributed by atoms with E-state index in [-0.39, 0.29) is 0 Å². The Morgan fingerprint density at radius 3 is 1.37 bits per heavy atom. The Kier molecular flexibility index (Phi) is 7.62. The summed E-state index contributed by atoms with van der Waals surface area (Å²) in [5.74, 6) is 1.93. The second-order valence-electron chi connectivity index (χ2n) is 12.8. The van der Waals surface area contributed by atoms with Crippen molar-refractivity contribution in [1.29, 1.82) is 0 Å². The molecular formula is C45H31IN4O. The van der Waals surface area contributed by atoms with E-state index in [0.717, 1.165) is 56.4 Å². The van der Waals surface area contributed by atoms with Crippen LogP contribution in [0.4, 0.5) is 0 Å². The van der Waals surface area contributed by atoms with Crippen molar-refractivity contribution < 1.29 is 4.79 Å². The number of carbonyl (C=O) groups is 1. The Hall–Kier alpha value is -5.86. The van der Waals surface area contributed by atoms with Gasteiger partial charge < -0.3 is 9.13 Å². The number of aryl methyl sites for hydroxylation is 2. The lowest BCUT2D eigenvalue weighted by Gasteiger charge is -2.08. The van der Waals surface area contributed by atoms with Crippen molar-refractivity contribution in [2.45, 2.75) is 0 Å². The van der Waals surface area contributed by atoms with E-state index in [1.807, 2.05) is 42.5 Å². The molecule has 0 bridgehead atoms. The van der Waals surface area contributed by atoms with Crippen molar-refractivity contribution in [1.82, 2.24) is 19.1 Å². The Morgan fingerprint density at radius 1 is 0.471 bits per heavy atom. The van der Waals surface area contributed by atoms with Crippen molar-refractivity contribution in [3.8, 4) is 22.8 Å². The first-order chi connectivity index (χ1) is 25.0. The van der Waals surface area contributed by atoms with Gasteiger partial charge in [0, 0.05) is 55.9 Å². The zero-order valence-electron chi connectivity index (χ0n) is 28.0. The Bertz CT molecular complexity index is 2960. The minimum absolute atomic E-state index is 0.668. The molecule has 0 fully saturated rings. The van der Waals surface area contributed by atoms with E-state index in [1.54, 1.807) is 0 Å². The van der Waals surface area contributed by atoms with Crippen LogP contribution in [-0.2, 0) is 14.1 Å². The van der Waals surface area contributed by atoms with Gasteiger partial charge in [-0.05, 0) is 62.3 Å². The van der Waals surface area contributed by atoms with Crippen molar-refractivity contribution in [2.24, 2.45) is 14.1 Å². The summed E-state index contributed by atoms with van der Waals surface area (Å²) >= 11 is 2.38. The summed E-state index contributed by atoms with van der Waals surface area (Å²) in [6.07, 6.45) is 0.890. The Morgan fingerprint density at radius 2 is 0.882 bits per heavy atom. The number of hydrogen-bond donors (Lipinski definition) is 0. The first-order valence-corrected chi connectivity index (χ1v) is 17.9. The minimum atomic E-state index is 0.668. The minimum Gasteiger partial charge on any atom is -0.327 e. The van der Waals surface area contributed by atoms with E-state index in [4.69, 9.17) is 9.97 Å². The summed E-state index contributed by atoms with van der Waals surface area (Å²) < 4.78 is 5.61. The SMILES string of the molecule is Cn1c(-c2ccccc2)nc2c3cc(C=O)ccc3c3ccccc3c21.Cn1c(-c2ccccc2)nc2c3cc(I)ccc3c3ccccc3c21. The third kappa shape index (κ3) is 5.09. The van der Waals surface area contributed by atoms with Crippen LogP contribution in [0.5, 0.6) is 0 Å². The summed E-state index contributed by atoms with van der Waals surface area (Å²) in [6, 6.07) is 50.1. The molecule has 244 valence electrons. The summed E-state index contributed by atoms with van der Waals surface area (Å²) in [5, 5.41) is 9.51. The molecule has 10 rings (SSSR count). The number of aldehydes is 1. The zero-order chi connectivity index (χ0) is 34.6. The summed E-state index contributed by atoms with van der Waals surface area (Å²) in [5.41, 5.74) is 7.19. The molecule has 0 aliphatic rings. The van der Waals surface area contributed by atoms with Crippen LogP contribution in [0.2, 0.25) is 0 Å². The molecule has 6 heteroatoms. The maximum atomic E-state index is 11.3. The van der Waals surface area contributed by atoms with Crippen LogP contribution in [0.25, 0.3) is 87.9 Å². The number of hydrogen-bond acceptors (Lipinski definition) is 3. The number of carbonyl (C=O) groups excluding carboxylic acids is 1. The molecule has 0 atom stereocenters. The lowest BCUT2D eigenvalue weighted by Crippen LogP contribution is -1.93. The number of nitrogens with zero attached hydrogens (tertiary/aromatic N) is 4. The van der Waals surface area contributed by atoms with Gasteiger partial charge in [-0.2, -0.15) is 0 Å². The fourth-order valence-electron chi connectivity index (χ4n) is 7.54. The maximum absolute atomic E-state index is 11.3. The van der Waals surface area contributed by atoms with E-state index < -0.39 is 0 Å². The highest BCUT2D eigenvalue weighted by Crippen LogP contribution is 2.39. The molecule has 2 aromatic heterocycles. The van der Waals surface area contributed by atoms with Crippen LogP contribution in [0.3, 0.4) is 0 Å². The molecule has 0 saturated carbocycles. The van der Waals surface area contributed by atoms with Gasteiger partial charge in [-0.15, -0.1) is 0 Å². The van der Waals surface area contributed by atoms with Gasteiger partial charge in [0.15, 0.2) is 0 Å². The summed E-state index contributed by atoms with van der Waals surface area (Å²) in [6.45, 7) is 0. The Balaban J connectivity index is 0.000000137. The van der Waals surface area contributed by atoms with Gasteiger partial charge in [0.05, 0.1) is 22.1 Å². The van der Waals surface area contributed by atoms with Crippen molar-refractivity contribution in [3.05, 3.63) is 155 Å². The molecule has 0 saturated heterocycles. The van der Waals surface area contributed by atoms with Gasteiger partial charge in [0.2, 0.25) is 0 Å². The molecule has 51 heavy (non-hydrogen) atoms. The third-order valence-electron chi connectivity index (χ3n) is 9.87. The molecule has 2 heterocycles. The smallest absolute Gasteiger partial charge is 0.150 e. The number of aromatic nitrogens is 4. The predicted octanol–water partition coefficient (Wildman–Crippen LogP) is 11.5. The van der Waals surface area contributed by atoms with Crippen LogP contribution < -0.4 is 0 Å². The van der Waals surface area contributed by atoms with E-state index in [0.29, 0.717) is 5.56 Å². The maximum Gasteiger partial charge on any atom is 0.150 e. The molecular weight excluding hydrogens is 739 g/mol. The molecule has 0 aliphatic heterocycles. The number of imidazole rings is 2. The fraction of sp³-hybridized carbons (Fsp3) is 0.0444. The van der Waals surface area contributed by atoms with Crippen LogP contribution in [-0.4, -0.2) is 25.4 Å². The normalized spacial score (nSPS) is 11.5. The van der Waals surface area contributed by atoms with E-state index in [2.05, 4.69) is 149 Å². The van der Waals surface area contributed by atoms with Crippen molar-refractivity contribution in [3.63, 3.8) is 0 Å². The Labute approximate surface area is 307 Å². The second-order valence-corrected chi connectivity index (χ2v) is 14.1. The molecule has 0 amide bonds. The third-order valence-corrected chi connectivity index (χ3v) is 10.5. The van der Waals surface area contributed by atoms with Gasteiger partial charge in [0.1, 0.15) is 17.9 Å². The highest BCUT2D eigenvalue weighted by Gasteiger charge is 2.18. The molecule has 0 radical (unpaired) electrons. The summed E-state index contributed by atoms with van der Waals surface area (Å²) in [7, 11) is 4.17. The fourth-order valence-corrected chi connectivity index (χ4v) is 8.03. The first-order valence-electron chi connectivity index (χ1n) is 16.8. The molecule has 0 aliphatic carbocycles. The number of fused-ring (bicyclic) bond motifs is 12. The predicted molar refractivity (Wildman–Crippen MR) is 220 cm³/mol. The highest BCUT2D eigenvalue weighted by molar-refractivity contribution is 14.1. The number of benzene rings is 8. The van der Waals surface area contributed by atoms with Gasteiger partial charge in [-0.1, -0.05) is 127 Å². The van der Waals surface area contributed by atoms with E-state index in [9.17, 15) is 4.79 Å². The van der Waals surface area contributed by atoms with Crippen molar-refractivity contribution in [2.75, 3.05) is 0 Å². The van der Waals surface area contributed by atoms with Gasteiger partial charge in [-0.25, -0.2) is 9.97 Å². The molecule has 8 aromatic carbocycles. The highest BCUT2D eigenvalue weighted by atomic mass is 127. The first kappa shape index (κ1) is 31.1. The van der Waals surface area contributed by atoms with E-state index in [1.165, 1.54) is 41.4 Å².